The van der Waals surface area contributed by atoms with Gasteiger partial charge < -0.3 is 11.1 Å². The molecule has 7 heteroatoms. The minimum Gasteiger partial charge on any atom is -0.370 e. The fraction of sp³-hybridized carbons (Fsp3) is 0.545. The van der Waals surface area contributed by atoms with Crippen molar-refractivity contribution in [2.45, 2.75) is 32.7 Å². The van der Waals surface area contributed by atoms with Crippen molar-refractivity contribution in [2.24, 2.45) is 5.73 Å². The molecule has 4 N–H and O–H groups in total. The molecule has 0 aliphatic carbocycles. The van der Waals surface area contributed by atoms with Crippen LogP contribution in [0.5, 0.6) is 0 Å². The third-order valence-corrected chi connectivity index (χ3v) is 2.92. The van der Waals surface area contributed by atoms with E-state index >= 15 is 0 Å². The van der Waals surface area contributed by atoms with Crippen LogP contribution in [0.25, 0.3) is 5.65 Å². The molecular weight excluding hydrogens is 232 g/mol. The first-order valence-electron chi connectivity index (χ1n) is 6.06. The van der Waals surface area contributed by atoms with Gasteiger partial charge in [0, 0.05) is 18.7 Å². The molecule has 1 unspecified atom stereocenters. The van der Waals surface area contributed by atoms with Crippen LogP contribution < -0.4 is 16.7 Å². The van der Waals surface area contributed by atoms with Crippen LogP contribution in [0, 0.1) is 6.92 Å². The van der Waals surface area contributed by atoms with Gasteiger partial charge in [-0.25, -0.2) is 19.3 Å². The number of nitrogens with two attached hydrogens (primary N) is 1. The van der Waals surface area contributed by atoms with Crippen molar-refractivity contribution < 1.29 is 0 Å². The molecule has 7 nitrogen and oxygen atoms in total. The maximum atomic E-state index is 11.4. The van der Waals surface area contributed by atoms with E-state index in [0.717, 1.165) is 19.4 Å². The van der Waals surface area contributed by atoms with E-state index in [1.807, 2.05) is 0 Å². The molecule has 18 heavy (non-hydrogen) atoms. The van der Waals surface area contributed by atoms with Crippen LogP contribution in [0.2, 0.25) is 0 Å². The maximum Gasteiger partial charge on any atom is 0.349 e. The Kier molecular flexibility index (Phi) is 3.61. The number of H-pyrrole nitrogens is 1. The van der Waals surface area contributed by atoms with Gasteiger partial charge in [0.2, 0.25) is 0 Å². The molecule has 0 radical (unpaired) electrons. The molecular formula is C11H18N6O. The zero-order valence-electron chi connectivity index (χ0n) is 10.6. The fourth-order valence-corrected chi connectivity index (χ4v) is 1.78. The van der Waals surface area contributed by atoms with Gasteiger partial charge in [0.25, 0.3) is 0 Å². The summed E-state index contributed by atoms with van der Waals surface area (Å²) in [7, 11) is 0. The van der Waals surface area contributed by atoms with Crippen LogP contribution in [-0.4, -0.2) is 32.2 Å². The lowest BCUT2D eigenvalue weighted by Crippen LogP contribution is -2.22. The Labute approximate surface area is 104 Å². The van der Waals surface area contributed by atoms with Crippen LogP contribution in [0.3, 0.4) is 0 Å². The standard InChI is InChI=1S/C11H18N6O/c1-3-8(12)4-5-13-9-6-10-15-16-11(18)17(10)7(2)14-9/h6,8,13H,3-5,12H2,1-2H3,(H,16,18). The summed E-state index contributed by atoms with van der Waals surface area (Å²) in [5.41, 5.74) is 6.13. The molecule has 0 aromatic carbocycles. The number of rotatable bonds is 5. The third kappa shape index (κ3) is 2.51. The number of hydrogen-bond donors (Lipinski definition) is 3. The second kappa shape index (κ2) is 5.18. The van der Waals surface area contributed by atoms with Crippen molar-refractivity contribution in [2.75, 3.05) is 11.9 Å². The van der Waals surface area contributed by atoms with Crippen LogP contribution >= 0.6 is 0 Å². The smallest absolute Gasteiger partial charge is 0.349 e. The fourth-order valence-electron chi connectivity index (χ4n) is 1.78. The molecule has 0 saturated heterocycles. The Bertz CT molecular complexity index is 587. The Hall–Kier alpha value is -1.89. The summed E-state index contributed by atoms with van der Waals surface area (Å²) in [6.07, 6.45) is 1.84. The van der Waals surface area contributed by atoms with Crippen molar-refractivity contribution in [1.29, 1.82) is 0 Å². The summed E-state index contributed by atoms with van der Waals surface area (Å²) in [4.78, 5) is 15.7. The first-order valence-corrected chi connectivity index (χ1v) is 6.06. The highest BCUT2D eigenvalue weighted by molar-refractivity contribution is 5.49. The van der Waals surface area contributed by atoms with E-state index in [4.69, 9.17) is 5.73 Å². The molecule has 2 rings (SSSR count). The van der Waals surface area contributed by atoms with Gasteiger partial charge in [-0.1, -0.05) is 6.92 Å². The average molecular weight is 250 g/mol. The molecule has 0 amide bonds. The minimum absolute atomic E-state index is 0.204. The summed E-state index contributed by atoms with van der Waals surface area (Å²) in [6, 6.07) is 1.94. The highest BCUT2D eigenvalue weighted by atomic mass is 16.1. The zero-order chi connectivity index (χ0) is 13.1. The normalized spacial score (nSPS) is 12.8. The molecule has 0 fully saturated rings. The largest absolute Gasteiger partial charge is 0.370 e. The van der Waals surface area contributed by atoms with Crippen molar-refractivity contribution in [3.8, 4) is 0 Å². The van der Waals surface area contributed by atoms with Crippen LogP contribution in [0.15, 0.2) is 10.9 Å². The van der Waals surface area contributed by atoms with E-state index in [-0.39, 0.29) is 11.7 Å². The Morgan fingerprint density at radius 2 is 2.39 bits per heavy atom. The van der Waals surface area contributed by atoms with Crippen LogP contribution in [0.4, 0.5) is 5.82 Å². The zero-order valence-corrected chi connectivity index (χ0v) is 10.6. The first kappa shape index (κ1) is 12.6. The number of aryl methyl sites for hydroxylation is 1. The summed E-state index contributed by atoms with van der Waals surface area (Å²) in [6.45, 7) is 4.59. The van der Waals surface area contributed by atoms with Gasteiger partial charge in [0.1, 0.15) is 11.6 Å². The molecule has 98 valence electrons. The molecule has 1 atom stereocenters. The Morgan fingerprint density at radius 3 is 3.11 bits per heavy atom. The third-order valence-electron chi connectivity index (χ3n) is 2.92. The highest BCUT2D eigenvalue weighted by Gasteiger charge is 2.06. The minimum atomic E-state index is -0.269. The first-order chi connectivity index (χ1) is 8.61. The number of fused-ring (bicyclic) bond motifs is 1. The number of aromatic nitrogens is 4. The molecule has 0 saturated carbocycles. The Morgan fingerprint density at radius 1 is 1.61 bits per heavy atom. The van der Waals surface area contributed by atoms with Gasteiger partial charge in [-0.3, -0.25) is 0 Å². The van der Waals surface area contributed by atoms with Crippen molar-refractivity contribution >= 4 is 11.5 Å². The van der Waals surface area contributed by atoms with Gasteiger partial charge in [0.05, 0.1) is 0 Å². The van der Waals surface area contributed by atoms with Gasteiger partial charge >= 0.3 is 5.69 Å². The van der Waals surface area contributed by atoms with E-state index < -0.39 is 0 Å². The second-order valence-corrected chi connectivity index (χ2v) is 4.29. The van der Waals surface area contributed by atoms with Crippen molar-refractivity contribution in [3.63, 3.8) is 0 Å². The van der Waals surface area contributed by atoms with Gasteiger partial charge in [-0.2, -0.15) is 5.10 Å². The molecule has 0 aliphatic rings. The molecule has 2 aromatic rings. The van der Waals surface area contributed by atoms with Crippen LogP contribution in [0.1, 0.15) is 25.6 Å². The summed E-state index contributed by atoms with van der Waals surface area (Å²) in [5.74, 6) is 1.32. The lowest BCUT2D eigenvalue weighted by atomic mass is 10.2. The Balaban J connectivity index is 2.13. The SMILES string of the molecule is CCC(N)CCNc1cc2n[nH]c(=O)n2c(C)n1. The molecule has 2 heterocycles. The summed E-state index contributed by atoms with van der Waals surface area (Å²) < 4.78 is 1.43. The number of anilines is 1. The lowest BCUT2D eigenvalue weighted by molar-refractivity contribution is 0.613. The van der Waals surface area contributed by atoms with Crippen LogP contribution in [-0.2, 0) is 0 Å². The maximum absolute atomic E-state index is 11.4. The van der Waals surface area contributed by atoms with E-state index in [1.54, 1.807) is 13.0 Å². The monoisotopic (exact) mass is 250 g/mol. The van der Waals surface area contributed by atoms with Crippen molar-refractivity contribution in [3.05, 3.63) is 22.4 Å². The molecule has 0 aliphatic heterocycles. The van der Waals surface area contributed by atoms with Gasteiger partial charge in [0.15, 0.2) is 5.65 Å². The number of nitrogens with one attached hydrogen (secondary N) is 2. The predicted molar refractivity (Wildman–Crippen MR) is 69.7 cm³/mol. The molecule has 0 spiro atoms. The topological polar surface area (TPSA) is 101 Å². The predicted octanol–water partition coefficient (Wildman–Crippen LogP) is 0.265. The molecule has 2 aromatic heterocycles. The van der Waals surface area contributed by atoms with E-state index in [2.05, 4.69) is 27.4 Å². The lowest BCUT2D eigenvalue weighted by Gasteiger charge is -2.10. The average Bonchev–Trinajstić information content (AvgIpc) is 2.71. The number of hydrogen-bond acceptors (Lipinski definition) is 5. The second-order valence-electron chi connectivity index (χ2n) is 4.29. The van der Waals surface area contributed by atoms with E-state index in [1.165, 1.54) is 4.40 Å². The van der Waals surface area contributed by atoms with E-state index in [9.17, 15) is 4.79 Å². The van der Waals surface area contributed by atoms with Crippen molar-refractivity contribution in [1.82, 2.24) is 19.6 Å². The van der Waals surface area contributed by atoms with Gasteiger partial charge in [-0.15, -0.1) is 0 Å². The summed E-state index contributed by atoms with van der Waals surface area (Å²) in [5, 5.41) is 9.51. The number of nitrogens with zero attached hydrogens (tertiary/aromatic N) is 3. The van der Waals surface area contributed by atoms with E-state index in [0.29, 0.717) is 17.3 Å². The summed E-state index contributed by atoms with van der Waals surface area (Å²) >= 11 is 0. The van der Waals surface area contributed by atoms with Gasteiger partial charge in [-0.05, 0) is 19.8 Å². The highest BCUT2D eigenvalue weighted by Crippen LogP contribution is 2.08. The molecule has 0 bridgehead atoms. The quantitative estimate of drug-likeness (QED) is 0.707. The number of aromatic amines is 1.